The van der Waals surface area contributed by atoms with Gasteiger partial charge in [0.1, 0.15) is 18.1 Å². The lowest BCUT2D eigenvalue weighted by Crippen LogP contribution is -2.57. The van der Waals surface area contributed by atoms with Crippen LogP contribution in [0.25, 0.3) is 10.9 Å². The summed E-state index contributed by atoms with van der Waals surface area (Å²) >= 11 is 0. The van der Waals surface area contributed by atoms with Gasteiger partial charge in [-0.05, 0) is 56.2 Å². The van der Waals surface area contributed by atoms with E-state index < -0.39 is 35.9 Å². The number of fused-ring (bicyclic) bond motifs is 1. The van der Waals surface area contributed by atoms with Crippen LogP contribution in [0.3, 0.4) is 0 Å². The molecule has 4 unspecified atom stereocenters. The first-order valence-corrected chi connectivity index (χ1v) is 13.2. The number of rotatable bonds is 10. The number of aliphatic carboxylic acids is 1. The van der Waals surface area contributed by atoms with Crippen LogP contribution in [0.2, 0.25) is 0 Å². The number of carboxylic acid groups (broad SMARTS) is 1. The van der Waals surface area contributed by atoms with Crippen LogP contribution < -0.4 is 16.0 Å². The fraction of sp³-hybridized carbons (Fsp3) is 0.556. The zero-order valence-corrected chi connectivity index (χ0v) is 21.5. The van der Waals surface area contributed by atoms with Crippen LogP contribution in [-0.4, -0.2) is 75.9 Å². The Bertz CT molecular complexity index is 1140. The minimum absolute atomic E-state index is 0.130. The molecule has 3 heterocycles. The Kier molecular flexibility index (Phi) is 8.48. The molecule has 2 aliphatic heterocycles. The number of carboxylic acids is 1. The second-order valence-corrected chi connectivity index (χ2v) is 10.5. The summed E-state index contributed by atoms with van der Waals surface area (Å²) in [5, 5.41) is 19.5. The Labute approximate surface area is 216 Å². The predicted molar refractivity (Wildman–Crippen MR) is 139 cm³/mol. The average Bonchev–Trinajstić information content (AvgIpc) is 3.63. The number of H-pyrrole nitrogens is 1. The van der Waals surface area contributed by atoms with Gasteiger partial charge in [0.05, 0.1) is 6.04 Å². The quantitative estimate of drug-likeness (QED) is 0.328. The number of likely N-dealkylation sites (tertiary alicyclic amines) is 1. The molecule has 4 rings (SSSR count). The number of nitrogens with one attached hydrogen (secondary N) is 4. The van der Waals surface area contributed by atoms with Gasteiger partial charge in [0, 0.05) is 30.1 Å². The van der Waals surface area contributed by atoms with E-state index in [0.717, 1.165) is 35.9 Å². The van der Waals surface area contributed by atoms with E-state index in [2.05, 4.69) is 20.9 Å². The Morgan fingerprint density at radius 3 is 2.57 bits per heavy atom. The first-order valence-electron chi connectivity index (χ1n) is 13.2. The van der Waals surface area contributed by atoms with Crippen LogP contribution in [0.1, 0.15) is 51.5 Å². The summed E-state index contributed by atoms with van der Waals surface area (Å²) in [6, 6.07) is 4.68. The minimum Gasteiger partial charge on any atom is -0.480 e. The normalized spacial score (nSPS) is 21.2. The zero-order chi connectivity index (χ0) is 26.5. The third-order valence-corrected chi connectivity index (χ3v) is 7.25. The summed E-state index contributed by atoms with van der Waals surface area (Å²) in [6.45, 7) is 5.03. The van der Waals surface area contributed by atoms with Gasteiger partial charge < -0.3 is 30.9 Å². The Morgan fingerprint density at radius 2 is 1.86 bits per heavy atom. The number of hydrogen-bond donors (Lipinski definition) is 5. The average molecular weight is 512 g/mol. The topological polar surface area (TPSA) is 144 Å². The van der Waals surface area contributed by atoms with E-state index in [-0.39, 0.29) is 24.3 Å². The third kappa shape index (κ3) is 6.30. The molecule has 3 amide bonds. The van der Waals surface area contributed by atoms with Crippen LogP contribution in [0.5, 0.6) is 0 Å². The maximum absolute atomic E-state index is 13.7. The van der Waals surface area contributed by atoms with Crippen molar-refractivity contribution in [3.05, 3.63) is 36.0 Å². The SMILES string of the molecule is CC(C)CC(NC(=O)C1CCCN1)C(=O)NC(Cc1c[nH]c2ccccc12)C(=O)N1CCCC1C(=O)O. The molecule has 0 spiro atoms. The van der Waals surface area contributed by atoms with E-state index in [1.165, 1.54) is 4.90 Å². The van der Waals surface area contributed by atoms with Gasteiger partial charge in [-0.2, -0.15) is 0 Å². The number of hydrogen-bond acceptors (Lipinski definition) is 5. The fourth-order valence-corrected chi connectivity index (χ4v) is 5.36. The highest BCUT2D eigenvalue weighted by Gasteiger charge is 2.39. The van der Waals surface area contributed by atoms with E-state index in [4.69, 9.17) is 0 Å². The standard InChI is InChI=1S/C27H37N5O5/c1-16(2)13-21(30-24(33)20-9-5-11-28-20)25(34)31-22(26(35)32-12-6-10-23(32)27(36)37)14-17-15-29-19-8-4-3-7-18(17)19/h3-4,7-8,15-16,20-23,28-29H,5-6,9-14H2,1-2H3,(H,30,33)(H,31,34)(H,36,37). The van der Waals surface area contributed by atoms with Gasteiger partial charge >= 0.3 is 5.97 Å². The van der Waals surface area contributed by atoms with Crippen molar-refractivity contribution >= 4 is 34.6 Å². The highest BCUT2D eigenvalue weighted by Crippen LogP contribution is 2.23. The molecule has 0 radical (unpaired) electrons. The molecule has 37 heavy (non-hydrogen) atoms. The monoisotopic (exact) mass is 511 g/mol. The molecule has 10 heteroatoms. The molecule has 2 aliphatic rings. The van der Waals surface area contributed by atoms with Crippen molar-refractivity contribution in [2.24, 2.45) is 5.92 Å². The fourth-order valence-electron chi connectivity index (χ4n) is 5.36. The Morgan fingerprint density at radius 1 is 1.08 bits per heavy atom. The van der Waals surface area contributed by atoms with Gasteiger partial charge in [0.25, 0.3) is 0 Å². The number of carbonyl (C=O) groups is 4. The number of benzene rings is 1. The number of aromatic nitrogens is 1. The highest BCUT2D eigenvalue weighted by atomic mass is 16.4. The molecule has 0 saturated carbocycles. The lowest BCUT2D eigenvalue weighted by atomic mass is 10.00. The molecular formula is C27H37N5O5. The Balaban J connectivity index is 1.57. The zero-order valence-electron chi connectivity index (χ0n) is 21.5. The summed E-state index contributed by atoms with van der Waals surface area (Å²) in [5.41, 5.74) is 1.76. The molecule has 2 aromatic rings. The largest absolute Gasteiger partial charge is 0.480 e. The van der Waals surface area contributed by atoms with Crippen LogP contribution in [0, 0.1) is 5.92 Å². The van der Waals surface area contributed by atoms with Crippen molar-refractivity contribution in [1.29, 1.82) is 0 Å². The van der Waals surface area contributed by atoms with E-state index in [1.54, 1.807) is 0 Å². The second-order valence-electron chi connectivity index (χ2n) is 10.5. The first kappa shape index (κ1) is 26.7. The maximum Gasteiger partial charge on any atom is 0.326 e. The van der Waals surface area contributed by atoms with Crippen molar-refractivity contribution in [1.82, 2.24) is 25.8 Å². The van der Waals surface area contributed by atoms with Crippen molar-refractivity contribution in [2.45, 2.75) is 76.5 Å². The van der Waals surface area contributed by atoms with Gasteiger partial charge in [0.15, 0.2) is 0 Å². The smallest absolute Gasteiger partial charge is 0.326 e. The van der Waals surface area contributed by atoms with Gasteiger partial charge in [-0.25, -0.2) is 4.79 Å². The number of amides is 3. The van der Waals surface area contributed by atoms with Gasteiger partial charge in [-0.3, -0.25) is 14.4 Å². The van der Waals surface area contributed by atoms with Gasteiger partial charge in [0.2, 0.25) is 17.7 Å². The van der Waals surface area contributed by atoms with Gasteiger partial charge in [-0.1, -0.05) is 32.0 Å². The number of carbonyl (C=O) groups excluding carboxylic acids is 3. The predicted octanol–water partition coefficient (Wildman–Crippen LogP) is 1.55. The summed E-state index contributed by atoms with van der Waals surface area (Å²) in [6.07, 6.45) is 5.03. The van der Waals surface area contributed by atoms with Gasteiger partial charge in [-0.15, -0.1) is 0 Å². The van der Waals surface area contributed by atoms with Crippen LogP contribution in [0.15, 0.2) is 30.5 Å². The third-order valence-electron chi connectivity index (χ3n) is 7.25. The molecule has 2 saturated heterocycles. The van der Waals surface area contributed by atoms with Crippen molar-refractivity contribution in [3.8, 4) is 0 Å². The van der Waals surface area contributed by atoms with E-state index >= 15 is 0 Å². The lowest BCUT2D eigenvalue weighted by molar-refractivity contribution is -0.149. The number of aromatic amines is 1. The van der Waals surface area contributed by atoms with Crippen LogP contribution in [0.4, 0.5) is 0 Å². The van der Waals surface area contributed by atoms with Crippen LogP contribution in [-0.2, 0) is 25.6 Å². The second kappa shape index (κ2) is 11.8. The van der Waals surface area contributed by atoms with Crippen molar-refractivity contribution < 1.29 is 24.3 Å². The Hall–Kier alpha value is -3.40. The molecule has 5 N–H and O–H groups in total. The minimum atomic E-state index is -1.04. The summed E-state index contributed by atoms with van der Waals surface area (Å²) < 4.78 is 0. The van der Waals surface area contributed by atoms with E-state index in [9.17, 15) is 24.3 Å². The molecule has 1 aromatic carbocycles. The van der Waals surface area contributed by atoms with Crippen molar-refractivity contribution in [3.63, 3.8) is 0 Å². The lowest BCUT2D eigenvalue weighted by Gasteiger charge is -2.29. The van der Waals surface area contributed by atoms with E-state index in [0.29, 0.717) is 25.8 Å². The molecule has 2 fully saturated rings. The molecule has 4 atom stereocenters. The summed E-state index contributed by atoms with van der Waals surface area (Å²) in [7, 11) is 0. The highest BCUT2D eigenvalue weighted by molar-refractivity contribution is 5.95. The summed E-state index contributed by atoms with van der Waals surface area (Å²) in [4.78, 5) is 56.3. The number of para-hydroxylation sites is 1. The molecule has 1 aromatic heterocycles. The number of nitrogens with zero attached hydrogens (tertiary/aromatic N) is 1. The first-order chi connectivity index (χ1) is 17.7. The van der Waals surface area contributed by atoms with Crippen LogP contribution >= 0.6 is 0 Å². The molecule has 200 valence electrons. The van der Waals surface area contributed by atoms with Crippen molar-refractivity contribution in [2.75, 3.05) is 13.1 Å². The van der Waals surface area contributed by atoms with E-state index in [1.807, 2.05) is 44.3 Å². The molecule has 10 nitrogen and oxygen atoms in total. The molecule has 0 aliphatic carbocycles. The maximum atomic E-state index is 13.7. The molecule has 0 bridgehead atoms. The molecular weight excluding hydrogens is 474 g/mol. The summed E-state index contributed by atoms with van der Waals surface area (Å²) in [5.74, 6) is -1.99.